The summed E-state index contributed by atoms with van der Waals surface area (Å²) in [5, 5.41) is 21.0. The third-order valence-corrected chi connectivity index (χ3v) is 11.9. The number of ether oxygens (including phenoxy) is 4. The first-order valence-electron chi connectivity index (χ1n) is 21.2. The van der Waals surface area contributed by atoms with Crippen LogP contribution in [0.4, 0.5) is 0 Å². The van der Waals surface area contributed by atoms with E-state index in [-0.39, 0.29) is 24.9 Å². The lowest BCUT2D eigenvalue weighted by molar-refractivity contribution is -0.123. The first-order chi connectivity index (χ1) is 29.6. The lowest BCUT2D eigenvalue weighted by Gasteiger charge is -2.23. The second kappa shape index (κ2) is 18.9. The van der Waals surface area contributed by atoms with Crippen molar-refractivity contribution in [1.29, 1.82) is 0 Å². The van der Waals surface area contributed by atoms with Gasteiger partial charge in [0.1, 0.15) is 0 Å². The Kier molecular flexibility index (Phi) is 12.6. The van der Waals surface area contributed by atoms with Gasteiger partial charge in [0.25, 0.3) is 0 Å². The Hall–Kier alpha value is -5.46. The van der Waals surface area contributed by atoms with Gasteiger partial charge in [0, 0.05) is 39.3 Å². The number of carbonyl (C=O) groups excluding carboxylic acids is 2. The molecule has 308 valence electrons. The molecule has 9 rings (SSSR count). The molecular formula is C50H52N4O6. The van der Waals surface area contributed by atoms with Crippen molar-refractivity contribution in [2.45, 2.75) is 13.1 Å². The number of rotatable bonds is 8. The fraction of sp³-hybridized carbons (Fsp3) is 0.320. The Morgan fingerprint density at radius 2 is 0.717 bits per heavy atom. The Morgan fingerprint density at radius 3 is 1.08 bits per heavy atom. The maximum absolute atomic E-state index is 13.3. The zero-order valence-corrected chi connectivity index (χ0v) is 34.0. The van der Waals surface area contributed by atoms with E-state index in [1.807, 2.05) is 0 Å². The molecule has 0 bridgehead atoms. The van der Waals surface area contributed by atoms with Crippen molar-refractivity contribution >= 4 is 76.4 Å². The fourth-order valence-electron chi connectivity index (χ4n) is 8.76. The normalized spacial score (nSPS) is 16.5. The van der Waals surface area contributed by atoms with Crippen LogP contribution in [0.3, 0.4) is 0 Å². The van der Waals surface area contributed by atoms with Crippen molar-refractivity contribution in [3.8, 4) is 0 Å². The van der Waals surface area contributed by atoms with Crippen molar-refractivity contribution in [1.82, 2.24) is 20.4 Å². The van der Waals surface area contributed by atoms with E-state index < -0.39 is 0 Å². The molecule has 8 aromatic carbocycles. The van der Waals surface area contributed by atoms with Crippen LogP contribution in [0, 0.1) is 0 Å². The summed E-state index contributed by atoms with van der Waals surface area (Å²) in [4.78, 5) is 30.7. The minimum Gasteiger partial charge on any atom is -0.378 e. The Bertz CT molecular complexity index is 2480. The van der Waals surface area contributed by atoms with Gasteiger partial charge in [-0.25, -0.2) is 0 Å². The van der Waals surface area contributed by atoms with Gasteiger partial charge in [-0.1, -0.05) is 109 Å². The van der Waals surface area contributed by atoms with Gasteiger partial charge in [0.2, 0.25) is 11.8 Å². The van der Waals surface area contributed by atoms with Gasteiger partial charge in [-0.3, -0.25) is 19.4 Å². The predicted octanol–water partition coefficient (Wildman–Crippen LogP) is 7.10. The highest BCUT2D eigenvalue weighted by Crippen LogP contribution is 2.37. The number of nitrogens with one attached hydrogen (secondary N) is 2. The maximum Gasteiger partial charge on any atom is 0.234 e. The second-order valence-corrected chi connectivity index (χ2v) is 15.7. The van der Waals surface area contributed by atoms with E-state index in [9.17, 15) is 9.59 Å². The molecule has 2 amide bonds. The van der Waals surface area contributed by atoms with Crippen LogP contribution in [0.5, 0.6) is 0 Å². The topological polar surface area (TPSA) is 102 Å². The highest BCUT2D eigenvalue weighted by Gasteiger charge is 2.16. The number of carbonyl (C=O) groups is 2. The van der Waals surface area contributed by atoms with Crippen LogP contribution >= 0.6 is 0 Å². The van der Waals surface area contributed by atoms with Crippen molar-refractivity contribution in [2.24, 2.45) is 0 Å². The van der Waals surface area contributed by atoms with Gasteiger partial charge in [0.15, 0.2) is 0 Å². The van der Waals surface area contributed by atoms with Crippen LogP contribution < -0.4 is 10.6 Å². The summed E-state index contributed by atoms with van der Waals surface area (Å²) in [6.45, 7) is 7.35. The Morgan fingerprint density at radius 1 is 0.400 bits per heavy atom. The molecule has 0 aliphatic carbocycles. The third kappa shape index (κ3) is 9.00. The molecule has 0 spiro atoms. The summed E-state index contributed by atoms with van der Waals surface area (Å²) in [7, 11) is 0. The molecule has 1 aliphatic heterocycles. The molecule has 0 radical (unpaired) electrons. The van der Waals surface area contributed by atoms with Crippen LogP contribution in [0.25, 0.3) is 64.6 Å². The van der Waals surface area contributed by atoms with Crippen molar-refractivity contribution in [3.63, 3.8) is 0 Å². The van der Waals surface area contributed by atoms with Crippen LogP contribution in [0.2, 0.25) is 0 Å². The van der Waals surface area contributed by atoms with E-state index in [0.29, 0.717) is 92.1 Å². The van der Waals surface area contributed by atoms with Gasteiger partial charge in [-0.15, -0.1) is 0 Å². The molecule has 10 heteroatoms. The van der Waals surface area contributed by atoms with E-state index in [2.05, 4.69) is 130 Å². The van der Waals surface area contributed by atoms with Crippen molar-refractivity contribution in [3.05, 3.63) is 120 Å². The summed E-state index contributed by atoms with van der Waals surface area (Å²) >= 11 is 0. The number of benzene rings is 8. The average Bonchev–Trinajstić information content (AvgIpc) is 3.27. The molecule has 0 saturated carbocycles. The average molecular weight is 805 g/mol. The highest BCUT2D eigenvalue weighted by molar-refractivity contribution is 6.24. The molecular weight excluding hydrogens is 753 g/mol. The summed E-state index contributed by atoms with van der Waals surface area (Å²) < 4.78 is 23.7. The Labute approximate surface area is 349 Å². The molecule has 1 heterocycles. The first kappa shape index (κ1) is 40.0. The van der Waals surface area contributed by atoms with Crippen LogP contribution in [-0.2, 0) is 41.6 Å². The van der Waals surface area contributed by atoms with Crippen molar-refractivity contribution < 1.29 is 28.5 Å². The molecule has 8 aromatic rings. The van der Waals surface area contributed by atoms with E-state index in [4.69, 9.17) is 18.9 Å². The molecule has 1 aliphatic rings. The molecule has 0 unspecified atom stereocenters. The number of hydrogen-bond donors (Lipinski definition) is 2. The molecule has 60 heavy (non-hydrogen) atoms. The lowest BCUT2D eigenvalue weighted by atomic mass is 9.92. The standard InChI is InChI=1S/C50H52N4O6/c55-45(51-31-41-13-11-39-9-7-35-3-1-5-37-15-17-43(41)49(39)47(35)37)33-53-19-23-57-27-29-59-25-21-54(22-26-60-30-28-58-24-20-53)34-46(56)52-32-42-14-12-40-10-8-36-4-2-6-38-16-18-44(42)50(40)48(36)38/h1-18H,19-34H2,(H,51,55)(H,52,56). The number of amides is 2. The SMILES string of the molecule is O=C(CN1CCOCCOCCN(CC(=O)NCc2ccc3ccc4cccc5ccc2c3c45)CCOCCOCC1)NCc1ccc2ccc3cccc4ccc1c2c34. The minimum atomic E-state index is -0.0415. The molecule has 1 saturated heterocycles. The first-order valence-corrected chi connectivity index (χ1v) is 21.2. The van der Waals surface area contributed by atoms with Crippen LogP contribution in [0.1, 0.15) is 11.1 Å². The third-order valence-electron chi connectivity index (χ3n) is 11.9. The molecule has 1 fully saturated rings. The number of hydrogen-bond acceptors (Lipinski definition) is 8. The zero-order valence-electron chi connectivity index (χ0n) is 34.0. The molecule has 0 aromatic heterocycles. The van der Waals surface area contributed by atoms with Gasteiger partial charge < -0.3 is 29.6 Å². The minimum absolute atomic E-state index is 0.0415. The molecule has 2 N–H and O–H groups in total. The Balaban J connectivity index is 0.735. The van der Waals surface area contributed by atoms with E-state index in [1.165, 1.54) is 64.6 Å². The summed E-state index contributed by atoms with van der Waals surface area (Å²) in [6.07, 6.45) is 0. The van der Waals surface area contributed by atoms with Crippen molar-refractivity contribution in [2.75, 3.05) is 92.1 Å². The van der Waals surface area contributed by atoms with Gasteiger partial charge >= 0.3 is 0 Å². The molecule has 0 atom stereocenters. The quantitative estimate of drug-likeness (QED) is 0.157. The number of nitrogens with zero attached hydrogens (tertiary/aromatic N) is 2. The van der Waals surface area contributed by atoms with Crippen LogP contribution in [-0.4, -0.2) is 114 Å². The van der Waals surface area contributed by atoms with E-state index in [1.54, 1.807) is 0 Å². The summed E-state index contributed by atoms with van der Waals surface area (Å²) in [5.74, 6) is -0.0830. The summed E-state index contributed by atoms with van der Waals surface area (Å²) in [5.41, 5.74) is 2.20. The highest BCUT2D eigenvalue weighted by atomic mass is 16.5. The van der Waals surface area contributed by atoms with Crippen LogP contribution in [0.15, 0.2) is 109 Å². The lowest BCUT2D eigenvalue weighted by Crippen LogP contribution is -2.41. The predicted molar refractivity (Wildman–Crippen MR) is 240 cm³/mol. The fourth-order valence-corrected chi connectivity index (χ4v) is 8.76. The van der Waals surface area contributed by atoms with E-state index in [0.717, 1.165) is 11.1 Å². The van der Waals surface area contributed by atoms with Gasteiger partial charge in [0.05, 0.1) is 65.9 Å². The smallest absolute Gasteiger partial charge is 0.234 e. The monoisotopic (exact) mass is 804 g/mol. The molecule has 10 nitrogen and oxygen atoms in total. The second-order valence-electron chi connectivity index (χ2n) is 15.7. The van der Waals surface area contributed by atoms with Gasteiger partial charge in [-0.05, 0) is 75.8 Å². The van der Waals surface area contributed by atoms with E-state index >= 15 is 0 Å². The zero-order chi connectivity index (χ0) is 40.7. The van der Waals surface area contributed by atoms with Gasteiger partial charge in [-0.2, -0.15) is 0 Å². The largest absolute Gasteiger partial charge is 0.378 e. The summed E-state index contributed by atoms with van der Waals surface area (Å²) in [6, 6.07) is 38.8. The maximum atomic E-state index is 13.3.